The molecule has 5 nitrogen and oxygen atoms in total. The van der Waals surface area contributed by atoms with Crippen molar-refractivity contribution in [3.05, 3.63) is 58.7 Å². The number of amides is 1. The van der Waals surface area contributed by atoms with Crippen molar-refractivity contribution in [3.63, 3.8) is 0 Å². The summed E-state index contributed by atoms with van der Waals surface area (Å²) in [5, 5.41) is 2.86. The Morgan fingerprint density at radius 1 is 1.04 bits per heavy atom. The van der Waals surface area contributed by atoms with Crippen molar-refractivity contribution in [1.29, 1.82) is 0 Å². The summed E-state index contributed by atoms with van der Waals surface area (Å²) in [6.07, 6.45) is -0.773. The number of hydrogen-bond acceptors (Lipinski definition) is 4. The molecule has 26 heavy (non-hydrogen) atoms. The monoisotopic (exact) mass is 355 g/mol. The van der Waals surface area contributed by atoms with Crippen LogP contribution in [0.1, 0.15) is 29.2 Å². The van der Waals surface area contributed by atoms with Crippen molar-refractivity contribution in [1.82, 2.24) is 0 Å². The van der Waals surface area contributed by atoms with Crippen LogP contribution in [0.4, 0.5) is 5.69 Å². The molecule has 1 N–H and O–H groups in total. The highest BCUT2D eigenvalue weighted by Gasteiger charge is 2.19. The zero-order chi connectivity index (χ0) is 19.3. The molecule has 0 aliphatic carbocycles. The molecule has 1 atom stereocenters. The van der Waals surface area contributed by atoms with Crippen LogP contribution in [-0.2, 0) is 20.7 Å². The lowest BCUT2D eigenvalue weighted by atomic mass is 10.0. The second-order valence-corrected chi connectivity index (χ2v) is 6.42. The molecule has 0 spiro atoms. The van der Waals surface area contributed by atoms with Crippen molar-refractivity contribution in [2.45, 2.75) is 40.2 Å². The van der Waals surface area contributed by atoms with E-state index >= 15 is 0 Å². The second-order valence-electron chi connectivity index (χ2n) is 6.42. The lowest BCUT2D eigenvalue weighted by Gasteiger charge is -2.17. The van der Waals surface area contributed by atoms with Gasteiger partial charge in [-0.05, 0) is 56.5 Å². The molecule has 5 heteroatoms. The molecular formula is C21H25NO4. The maximum absolute atomic E-state index is 12.4. The fourth-order valence-corrected chi connectivity index (χ4v) is 2.80. The van der Waals surface area contributed by atoms with Crippen LogP contribution in [-0.4, -0.2) is 25.1 Å². The van der Waals surface area contributed by atoms with Gasteiger partial charge in [0.1, 0.15) is 5.75 Å². The van der Waals surface area contributed by atoms with Gasteiger partial charge in [0.15, 0.2) is 6.10 Å². The van der Waals surface area contributed by atoms with Crippen LogP contribution in [0.15, 0.2) is 36.4 Å². The van der Waals surface area contributed by atoms with Crippen molar-refractivity contribution in [3.8, 4) is 5.75 Å². The van der Waals surface area contributed by atoms with E-state index < -0.39 is 12.1 Å². The van der Waals surface area contributed by atoms with E-state index in [2.05, 4.69) is 5.32 Å². The molecule has 2 rings (SSSR count). The van der Waals surface area contributed by atoms with E-state index in [-0.39, 0.29) is 12.3 Å². The van der Waals surface area contributed by atoms with Gasteiger partial charge in [-0.25, -0.2) is 0 Å². The van der Waals surface area contributed by atoms with Crippen LogP contribution in [0.25, 0.3) is 0 Å². The minimum absolute atomic E-state index is 0.101. The molecule has 0 aliphatic heterocycles. The first-order chi connectivity index (χ1) is 12.3. The number of nitrogens with one attached hydrogen (secondary N) is 1. The largest absolute Gasteiger partial charge is 0.497 e. The minimum Gasteiger partial charge on any atom is -0.497 e. The number of hydrogen-bond donors (Lipinski definition) is 1. The average molecular weight is 355 g/mol. The number of aryl methyl sites for hydroxylation is 3. The van der Waals surface area contributed by atoms with Gasteiger partial charge in [-0.1, -0.05) is 29.8 Å². The van der Waals surface area contributed by atoms with Crippen molar-refractivity contribution < 1.29 is 19.1 Å². The van der Waals surface area contributed by atoms with E-state index in [1.807, 2.05) is 32.9 Å². The van der Waals surface area contributed by atoms with Gasteiger partial charge in [-0.15, -0.1) is 0 Å². The van der Waals surface area contributed by atoms with Gasteiger partial charge in [-0.3, -0.25) is 9.59 Å². The topological polar surface area (TPSA) is 64.6 Å². The lowest BCUT2D eigenvalue weighted by molar-refractivity contribution is -0.152. The number of rotatable bonds is 6. The predicted molar refractivity (Wildman–Crippen MR) is 102 cm³/mol. The Labute approximate surface area is 154 Å². The number of carbonyl (C=O) groups is 2. The summed E-state index contributed by atoms with van der Waals surface area (Å²) in [6, 6.07) is 11.2. The van der Waals surface area contributed by atoms with E-state index in [1.165, 1.54) is 0 Å². The Hall–Kier alpha value is -2.82. The lowest BCUT2D eigenvalue weighted by Crippen LogP contribution is -2.31. The molecule has 0 radical (unpaired) electrons. The normalized spacial score (nSPS) is 11.6. The number of anilines is 1. The summed E-state index contributed by atoms with van der Waals surface area (Å²) in [5.41, 5.74) is 4.66. The number of carbonyl (C=O) groups excluding carboxylic acids is 2. The zero-order valence-electron chi connectivity index (χ0n) is 15.9. The summed E-state index contributed by atoms with van der Waals surface area (Å²) >= 11 is 0. The fraction of sp³-hybridized carbons (Fsp3) is 0.333. The van der Waals surface area contributed by atoms with Crippen LogP contribution in [0, 0.1) is 20.8 Å². The summed E-state index contributed by atoms with van der Waals surface area (Å²) in [5.74, 6) is -0.0722. The van der Waals surface area contributed by atoms with E-state index in [0.29, 0.717) is 0 Å². The average Bonchev–Trinajstić information content (AvgIpc) is 2.58. The van der Waals surface area contributed by atoms with Crippen molar-refractivity contribution in [2.24, 2.45) is 0 Å². The molecule has 0 heterocycles. The van der Waals surface area contributed by atoms with Gasteiger partial charge < -0.3 is 14.8 Å². The van der Waals surface area contributed by atoms with Gasteiger partial charge in [0.25, 0.3) is 5.91 Å². The zero-order valence-corrected chi connectivity index (χ0v) is 15.9. The van der Waals surface area contributed by atoms with Crippen molar-refractivity contribution in [2.75, 3.05) is 12.4 Å². The summed E-state index contributed by atoms with van der Waals surface area (Å²) in [4.78, 5) is 24.4. The van der Waals surface area contributed by atoms with Crippen LogP contribution >= 0.6 is 0 Å². The highest BCUT2D eigenvalue weighted by atomic mass is 16.5. The van der Waals surface area contributed by atoms with E-state index in [0.717, 1.165) is 33.7 Å². The highest BCUT2D eigenvalue weighted by molar-refractivity contribution is 5.96. The maximum atomic E-state index is 12.4. The first-order valence-corrected chi connectivity index (χ1v) is 8.51. The maximum Gasteiger partial charge on any atom is 0.311 e. The third-order valence-electron chi connectivity index (χ3n) is 4.11. The Kier molecular flexibility index (Phi) is 6.39. The predicted octanol–water partition coefficient (Wildman–Crippen LogP) is 3.73. The van der Waals surface area contributed by atoms with Crippen LogP contribution in [0.5, 0.6) is 5.75 Å². The quantitative estimate of drug-likeness (QED) is 0.802. The van der Waals surface area contributed by atoms with Gasteiger partial charge in [0.05, 0.1) is 13.5 Å². The third-order valence-corrected chi connectivity index (χ3v) is 4.11. The van der Waals surface area contributed by atoms with Crippen LogP contribution < -0.4 is 10.1 Å². The molecule has 0 aromatic heterocycles. The summed E-state index contributed by atoms with van der Waals surface area (Å²) in [7, 11) is 1.58. The first kappa shape index (κ1) is 19.5. The molecular weight excluding hydrogens is 330 g/mol. The molecule has 2 aromatic carbocycles. The molecule has 1 amide bonds. The summed E-state index contributed by atoms with van der Waals surface area (Å²) < 4.78 is 10.4. The minimum atomic E-state index is -0.874. The second kappa shape index (κ2) is 8.52. The SMILES string of the molecule is COc1ccc(CC(=O)O[C@@H](C)C(=O)Nc2c(C)cc(C)cc2C)cc1. The number of esters is 1. The van der Waals surface area contributed by atoms with Gasteiger partial charge >= 0.3 is 5.97 Å². The Morgan fingerprint density at radius 2 is 1.62 bits per heavy atom. The Bertz CT molecular complexity index is 773. The van der Waals surface area contributed by atoms with E-state index in [9.17, 15) is 9.59 Å². The summed E-state index contributed by atoms with van der Waals surface area (Å²) in [6.45, 7) is 7.46. The number of methoxy groups -OCH3 is 1. The van der Waals surface area contributed by atoms with Gasteiger partial charge in [0.2, 0.25) is 0 Å². The molecule has 0 fully saturated rings. The molecule has 0 saturated carbocycles. The standard InChI is InChI=1S/C21H25NO4/c1-13-10-14(2)20(15(3)11-13)22-21(24)16(4)26-19(23)12-17-6-8-18(25-5)9-7-17/h6-11,16H,12H2,1-5H3,(H,22,24)/t16-/m0/s1. The van der Waals surface area contributed by atoms with E-state index in [1.54, 1.807) is 38.3 Å². The molecule has 2 aromatic rings. The van der Waals surface area contributed by atoms with Crippen molar-refractivity contribution >= 4 is 17.6 Å². The molecule has 0 saturated heterocycles. The number of ether oxygens (including phenoxy) is 2. The third kappa shape index (κ3) is 5.09. The van der Waals surface area contributed by atoms with Gasteiger partial charge in [-0.2, -0.15) is 0 Å². The fourth-order valence-electron chi connectivity index (χ4n) is 2.80. The smallest absolute Gasteiger partial charge is 0.311 e. The molecule has 138 valence electrons. The molecule has 0 bridgehead atoms. The highest BCUT2D eigenvalue weighted by Crippen LogP contribution is 2.22. The number of benzene rings is 2. The Balaban J connectivity index is 1.94. The Morgan fingerprint density at radius 3 is 2.15 bits per heavy atom. The van der Waals surface area contributed by atoms with E-state index in [4.69, 9.17) is 9.47 Å². The molecule has 0 unspecified atom stereocenters. The van der Waals surface area contributed by atoms with Gasteiger partial charge in [0, 0.05) is 5.69 Å². The van der Waals surface area contributed by atoms with Crippen LogP contribution in [0.2, 0.25) is 0 Å². The molecule has 0 aliphatic rings. The first-order valence-electron chi connectivity index (χ1n) is 8.51. The van der Waals surface area contributed by atoms with Crippen LogP contribution in [0.3, 0.4) is 0 Å².